The summed E-state index contributed by atoms with van der Waals surface area (Å²) in [6, 6.07) is 13.4. The molecule has 0 unspecified atom stereocenters. The van der Waals surface area contributed by atoms with Crippen LogP contribution in [0.25, 0.3) is 10.1 Å². The Bertz CT molecular complexity index is 1010. The number of nitrogens with zero attached hydrogens (tertiary/aromatic N) is 3. The highest BCUT2D eigenvalue weighted by Gasteiger charge is 2.27. The number of hydrogen-bond donors (Lipinski definition) is 0. The predicted molar refractivity (Wildman–Crippen MR) is 110 cm³/mol. The third-order valence-electron chi connectivity index (χ3n) is 4.77. The van der Waals surface area contributed by atoms with Crippen molar-refractivity contribution in [2.24, 2.45) is 0 Å². The van der Waals surface area contributed by atoms with E-state index in [4.69, 9.17) is 0 Å². The van der Waals surface area contributed by atoms with Crippen molar-refractivity contribution in [2.45, 2.75) is 6.92 Å². The monoisotopic (exact) mass is 443 g/mol. The first-order valence-corrected chi connectivity index (χ1v) is 10.3. The molecule has 0 radical (unpaired) electrons. The van der Waals surface area contributed by atoms with Gasteiger partial charge in [0.1, 0.15) is 5.69 Å². The standard InChI is InChI=1S/C20H18BrN3O2S/c1-13-2-7-17-16(12-13)18(22-27-17)20(26)24-10-8-23(9-11-24)19(25)14-3-5-15(21)6-4-14/h2-7,12H,8-11H2,1H3. The van der Waals surface area contributed by atoms with Gasteiger partial charge in [-0.05, 0) is 54.9 Å². The number of fused-ring (bicyclic) bond motifs is 1. The van der Waals surface area contributed by atoms with Gasteiger partial charge in [-0.3, -0.25) is 9.59 Å². The van der Waals surface area contributed by atoms with Crippen LogP contribution in [0.15, 0.2) is 46.9 Å². The van der Waals surface area contributed by atoms with E-state index in [-0.39, 0.29) is 11.8 Å². The topological polar surface area (TPSA) is 53.5 Å². The van der Waals surface area contributed by atoms with E-state index in [1.165, 1.54) is 11.5 Å². The van der Waals surface area contributed by atoms with Crippen LogP contribution in [0, 0.1) is 6.92 Å². The summed E-state index contributed by atoms with van der Waals surface area (Å²) in [4.78, 5) is 29.2. The fourth-order valence-corrected chi connectivity index (χ4v) is 4.26. The van der Waals surface area contributed by atoms with Crippen LogP contribution < -0.4 is 0 Å². The summed E-state index contributed by atoms with van der Waals surface area (Å²) in [5.41, 5.74) is 2.30. The minimum atomic E-state index is -0.0532. The van der Waals surface area contributed by atoms with Crippen LogP contribution in [0.1, 0.15) is 26.4 Å². The molecule has 1 aromatic heterocycles. The first-order valence-electron chi connectivity index (χ1n) is 8.73. The zero-order valence-corrected chi connectivity index (χ0v) is 17.2. The number of carbonyl (C=O) groups is 2. The van der Waals surface area contributed by atoms with Crippen LogP contribution in [0.4, 0.5) is 0 Å². The van der Waals surface area contributed by atoms with E-state index in [0.717, 1.165) is 20.1 Å². The van der Waals surface area contributed by atoms with Crippen LogP contribution in [0.2, 0.25) is 0 Å². The number of halogens is 1. The number of benzene rings is 2. The number of hydrogen-bond acceptors (Lipinski definition) is 4. The summed E-state index contributed by atoms with van der Waals surface area (Å²) in [5, 5.41) is 0.915. The van der Waals surface area contributed by atoms with Crippen molar-refractivity contribution in [1.82, 2.24) is 14.2 Å². The van der Waals surface area contributed by atoms with E-state index in [1.54, 1.807) is 9.80 Å². The predicted octanol–water partition coefficient (Wildman–Crippen LogP) is 3.97. The molecule has 1 saturated heterocycles. The Morgan fingerprint density at radius 1 is 0.963 bits per heavy atom. The van der Waals surface area contributed by atoms with Gasteiger partial charge in [-0.2, -0.15) is 4.37 Å². The van der Waals surface area contributed by atoms with Gasteiger partial charge in [-0.15, -0.1) is 0 Å². The fraction of sp³-hybridized carbons (Fsp3) is 0.250. The molecule has 4 rings (SSSR count). The summed E-state index contributed by atoms with van der Waals surface area (Å²) in [6.07, 6.45) is 0. The molecule has 2 amide bonds. The lowest BCUT2D eigenvalue weighted by Crippen LogP contribution is -2.50. The number of amides is 2. The van der Waals surface area contributed by atoms with Crippen LogP contribution in [0.3, 0.4) is 0 Å². The second-order valence-corrected chi connectivity index (χ2v) is 8.34. The van der Waals surface area contributed by atoms with Gasteiger partial charge in [0, 0.05) is 41.6 Å². The normalized spacial score (nSPS) is 14.6. The molecule has 3 aromatic rings. The van der Waals surface area contributed by atoms with Gasteiger partial charge >= 0.3 is 0 Å². The minimum absolute atomic E-state index is 0.00401. The molecule has 2 aromatic carbocycles. The summed E-state index contributed by atoms with van der Waals surface area (Å²) >= 11 is 4.73. The summed E-state index contributed by atoms with van der Waals surface area (Å²) in [7, 11) is 0. The number of rotatable bonds is 2. The molecule has 27 heavy (non-hydrogen) atoms. The Morgan fingerprint density at radius 2 is 1.59 bits per heavy atom. The molecule has 0 N–H and O–H groups in total. The summed E-state index contributed by atoms with van der Waals surface area (Å²) in [5.74, 6) is -0.0491. The first-order chi connectivity index (χ1) is 13.0. The highest BCUT2D eigenvalue weighted by molar-refractivity contribution is 9.10. The van der Waals surface area contributed by atoms with Gasteiger partial charge in [-0.1, -0.05) is 27.6 Å². The minimum Gasteiger partial charge on any atom is -0.335 e. The molecule has 138 valence electrons. The Labute approximate surface area is 169 Å². The Kier molecular flexibility index (Phi) is 4.97. The van der Waals surface area contributed by atoms with E-state index in [0.29, 0.717) is 37.4 Å². The van der Waals surface area contributed by atoms with Crippen LogP contribution >= 0.6 is 27.5 Å². The summed E-state index contributed by atoms with van der Waals surface area (Å²) < 4.78 is 6.35. The van der Waals surface area contributed by atoms with Crippen molar-refractivity contribution < 1.29 is 9.59 Å². The van der Waals surface area contributed by atoms with E-state index in [1.807, 2.05) is 49.4 Å². The van der Waals surface area contributed by atoms with Crippen molar-refractivity contribution in [1.29, 1.82) is 0 Å². The molecular formula is C20H18BrN3O2S. The van der Waals surface area contributed by atoms with E-state index < -0.39 is 0 Å². The number of carbonyl (C=O) groups excluding carboxylic acids is 2. The summed E-state index contributed by atoms with van der Waals surface area (Å²) in [6.45, 7) is 4.11. The second-order valence-electron chi connectivity index (χ2n) is 6.62. The molecule has 2 heterocycles. The average molecular weight is 444 g/mol. The van der Waals surface area contributed by atoms with Crippen molar-refractivity contribution >= 4 is 49.4 Å². The fourth-order valence-electron chi connectivity index (χ4n) is 3.24. The number of aryl methyl sites for hydroxylation is 1. The van der Waals surface area contributed by atoms with Crippen molar-refractivity contribution in [3.63, 3.8) is 0 Å². The molecule has 7 heteroatoms. The first kappa shape index (κ1) is 18.1. The average Bonchev–Trinajstić information content (AvgIpc) is 3.10. The number of piperazine rings is 1. The van der Waals surface area contributed by atoms with Gasteiger partial charge in [0.15, 0.2) is 0 Å². The molecule has 1 fully saturated rings. The third kappa shape index (κ3) is 3.61. The molecule has 0 aliphatic carbocycles. The maximum absolute atomic E-state index is 12.9. The molecule has 1 aliphatic rings. The largest absolute Gasteiger partial charge is 0.335 e. The second kappa shape index (κ2) is 7.40. The van der Waals surface area contributed by atoms with Gasteiger partial charge in [0.05, 0.1) is 4.70 Å². The maximum Gasteiger partial charge on any atom is 0.274 e. The van der Waals surface area contributed by atoms with Crippen LogP contribution in [-0.2, 0) is 0 Å². The highest BCUT2D eigenvalue weighted by atomic mass is 79.9. The SMILES string of the molecule is Cc1ccc2snc(C(=O)N3CCN(C(=O)c4ccc(Br)cc4)CC3)c2c1. The highest BCUT2D eigenvalue weighted by Crippen LogP contribution is 2.25. The molecule has 0 saturated carbocycles. The van der Waals surface area contributed by atoms with E-state index >= 15 is 0 Å². The van der Waals surface area contributed by atoms with Gasteiger partial charge in [0.25, 0.3) is 11.8 Å². The van der Waals surface area contributed by atoms with Crippen molar-refractivity contribution in [3.8, 4) is 0 Å². The number of aromatic nitrogens is 1. The van der Waals surface area contributed by atoms with Gasteiger partial charge in [-0.25, -0.2) is 0 Å². The molecule has 0 spiro atoms. The lowest BCUT2D eigenvalue weighted by atomic mass is 10.1. The molecule has 5 nitrogen and oxygen atoms in total. The Balaban J connectivity index is 1.45. The zero-order chi connectivity index (χ0) is 19.0. The smallest absolute Gasteiger partial charge is 0.274 e. The Hall–Kier alpha value is -2.25. The lowest BCUT2D eigenvalue weighted by Gasteiger charge is -2.34. The van der Waals surface area contributed by atoms with E-state index in [9.17, 15) is 9.59 Å². The third-order valence-corrected chi connectivity index (χ3v) is 6.13. The molecule has 0 bridgehead atoms. The van der Waals surface area contributed by atoms with Gasteiger partial charge in [0.2, 0.25) is 0 Å². The van der Waals surface area contributed by atoms with Crippen LogP contribution in [-0.4, -0.2) is 52.2 Å². The van der Waals surface area contributed by atoms with Crippen molar-refractivity contribution in [2.75, 3.05) is 26.2 Å². The molecule has 0 atom stereocenters. The van der Waals surface area contributed by atoms with E-state index in [2.05, 4.69) is 20.3 Å². The quantitative estimate of drug-likeness (QED) is 0.601. The van der Waals surface area contributed by atoms with Crippen molar-refractivity contribution in [3.05, 3.63) is 63.8 Å². The zero-order valence-electron chi connectivity index (χ0n) is 14.8. The molecule has 1 aliphatic heterocycles. The molecular weight excluding hydrogens is 426 g/mol. The van der Waals surface area contributed by atoms with Gasteiger partial charge < -0.3 is 9.80 Å². The maximum atomic E-state index is 12.9. The van der Waals surface area contributed by atoms with Crippen LogP contribution in [0.5, 0.6) is 0 Å². The lowest BCUT2D eigenvalue weighted by molar-refractivity contribution is 0.0534. The Morgan fingerprint density at radius 3 is 2.26 bits per heavy atom.